The molecule has 2 aromatic carbocycles. The molecule has 8 heteroatoms. The molecule has 1 saturated carbocycles. The molecule has 1 fully saturated rings. The molecule has 0 amide bonds. The van der Waals surface area contributed by atoms with Crippen LogP contribution < -0.4 is 5.32 Å². The summed E-state index contributed by atoms with van der Waals surface area (Å²) in [6, 6.07) is 11.9. The van der Waals surface area contributed by atoms with Crippen LogP contribution in [0.4, 0.5) is 11.4 Å². The topological polar surface area (TPSA) is 89.3 Å². The molecule has 0 aliphatic heterocycles. The van der Waals surface area contributed by atoms with Gasteiger partial charge in [-0.2, -0.15) is 0 Å². The van der Waals surface area contributed by atoms with Crippen molar-refractivity contribution in [2.75, 3.05) is 11.6 Å². The summed E-state index contributed by atoms with van der Waals surface area (Å²) in [5.74, 6) is 0.281. The summed E-state index contributed by atoms with van der Waals surface area (Å²) in [6.07, 6.45) is 1.93. The number of halogens is 1. The second-order valence-electron chi connectivity index (χ2n) is 5.82. The van der Waals surface area contributed by atoms with Crippen molar-refractivity contribution in [1.29, 1.82) is 0 Å². The average molecular weight is 411 g/mol. The van der Waals surface area contributed by atoms with Crippen LogP contribution in [0.1, 0.15) is 17.9 Å². The molecule has 0 saturated heterocycles. The van der Waals surface area contributed by atoms with Crippen LogP contribution in [0, 0.1) is 10.1 Å². The van der Waals surface area contributed by atoms with Crippen molar-refractivity contribution in [2.45, 2.75) is 23.3 Å². The molecular formula is C16H15BrN2O4S. The number of nitro benzene ring substituents is 1. The Bertz CT molecular complexity index is 914. The van der Waals surface area contributed by atoms with E-state index in [1.165, 1.54) is 12.1 Å². The van der Waals surface area contributed by atoms with Gasteiger partial charge in [0.25, 0.3) is 5.69 Å². The Labute approximate surface area is 148 Å². The van der Waals surface area contributed by atoms with E-state index in [2.05, 4.69) is 21.2 Å². The third-order valence-electron chi connectivity index (χ3n) is 4.01. The smallest absolute Gasteiger partial charge is 0.270 e. The van der Waals surface area contributed by atoms with Crippen molar-refractivity contribution >= 4 is 37.1 Å². The molecule has 0 aromatic heterocycles. The highest BCUT2D eigenvalue weighted by Crippen LogP contribution is 2.46. The van der Waals surface area contributed by atoms with Crippen LogP contribution in [0.3, 0.4) is 0 Å². The first-order valence-electron chi connectivity index (χ1n) is 7.27. The molecule has 1 aliphatic carbocycles. The zero-order valence-electron chi connectivity index (χ0n) is 12.8. The first kappa shape index (κ1) is 16.9. The first-order chi connectivity index (χ1) is 11.3. The Morgan fingerprint density at radius 3 is 2.58 bits per heavy atom. The SMILES string of the molecule is CS(=O)(=O)c1cc([N+](=O)[O-])ccc1NC1CC1c1ccccc1Br. The number of hydrogen-bond acceptors (Lipinski definition) is 5. The summed E-state index contributed by atoms with van der Waals surface area (Å²) >= 11 is 3.52. The van der Waals surface area contributed by atoms with Gasteiger partial charge in [0.2, 0.25) is 0 Å². The van der Waals surface area contributed by atoms with Gasteiger partial charge in [-0.25, -0.2) is 8.42 Å². The van der Waals surface area contributed by atoms with E-state index >= 15 is 0 Å². The molecule has 1 aliphatic rings. The van der Waals surface area contributed by atoms with Crippen molar-refractivity contribution in [3.8, 4) is 0 Å². The molecule has 0 heterocycles. The molecule has 2 unspecified atom stereocenters. The minimum atomic E-state index is -3.57. The summed E-state index contributed by atoms with van der Waals surface area (Å²) in [5, 5.41) is 14.1. The predicted molar refractivity (Wildman–Crippen MR) is 95.1 cm³/mol. The fraction of sp³-hybridized carbons (Fsp3) is 0.250. The second kappa shape index (κ2) is 6.18. The maximum atomic E-state index is 12.0. The largest absolute Gasteiger partial charge is 0.381 e. The van der Waals surface area contributed by atoms with Crippen LogP contribution in [0.15, 0.2) is 51.8 Å². The van der Waals surface area contributed by atoms with Crippen molar-refractivity contribution in [3.05, 3.63) is 62.6 Å². The molecule has 1 N–H and O–H groups in total. The van der Waals surface area contributed by atoms with Crippen LogP contribution in [-0.2, 0) is 9.84 Å². The fourth-order valence-corrected chi connectivity index (χ4v) is 4.16. The molecule has 3 rings (SSSR count). The van der Waals surface area contributed by atoms with Gasteiger partial charge in [-0.1, -0.05) is 34.1 Å². The summed E-state index contributed by atoms with van der Waals surface area (Å²) in [5.41, 5.74) is 1.33. The Balaban J connectivity index is 1.87. The number of anilines is 1. The maximum Gasteiger partial charge on any atom is 0.270 e. The normalized spacial score (nSPS) is 19.8. The van der Waals surface area contributed by atoms with Crippen LogP contribution in [0.5, 0.6) is 0 Å². The van der Waals surface area contributed by atoms with Crippen LogP contribution in [0.2, 0.25) is 0 Å². The van der Waals surface area contributed by atoms with E-state index in [0.29, 0.717) is 5.69 Å². The summed E-state index contributed by atoms with van der Waals surface area (Å²) < 4.78 is 25.0. The van der Waals surface area contributed by atoms with E-state index in [0.717, 1.165) is 28.8 Å². The minimum Gasteiger partial charge on any atom is -0.381 e. The molecular weight excluding hydrogens is 396 g/mol. The lowest BCUT2D eigenvalue weighted by molar-refractivity contribution is -0.385. The van der Waals surface area contributed by atoms with Gasteiger partial charge >= 0.3 is 0 Å². The van der Waals surface area contributed by atoms with Gasteiger partial charge < -0.3 is 5.32 Å². The van der Waals surface area contributed by atoms with Crippen molar-refractivity contribution in [2.24, 2.45) is 0 Å². The van der Waals surface area contributed by atoms with Crippen LogP contribution in [-0.4, -0.2) is 25.6 Å². The van der Waals surface area contributed by atoms with Crippen molar-refractivity contribution in [3.63, 3.8) is 0 Å². The highest BCUT2D eigenvalue weighted by Gasteiger charge is 2.40. The summed E-state index contributed by atoms with van der Waals surface area (Å²) in [6.45, 7) is 0. The van der Waals surface area contributed by atoms with Crippen molar-refractivity contribution in [1.82, 2.24) is 0 Å². The number of hydrogen-bond donors (Lipinski definition) is 1. The van der Waals surface area contributed by atoms with Gasteiger partial charge in [-0.15, -0.1) is 0 Å². The number of sulfone groups is 1. The van der Waals surface area contributed by atoms with E-state index in [-0.39, 0.29) is 22.5 Å². The number of non-ortho nitro benzene ring substituents is 1. The third-order valence-corrected chi connectivity index (χ3v) is 5.87. The number of rotatable bonds is 5. The third kappa shape index (κ3) is 3.44. The highest BCUT2D eigenvalue weighted by molar-refractivity contribution is 9.10. The lowest BCUT2D eigenvalue weighted by atomic mass is 10.1. The fourth-order valence-electron chi connectivity index (χ4n) is 2.72. The molecule has 6 nitrogen and oxygen atoms in total. The Hall–Kier alpha value is -1.93. The average Bonchev–Trinajstić information content (AvgIpc) is 3.25. The maximum absolute atomic E-state index is 12.0. The Morgan fingerprint density at radius 1 is 1.25 bits per heavy atom. The molecule has 0 spiro atoms. The van der Waals surface area contributed by atoms with Crippen LogP contribution >= 0.6 is 15.9 Å². The van der Waals surface area contributed by atoms with Gasteiger partial charge in [-0.3, -0.25) is 10.1 Å². The van der Waals surface area contributed by atoms with Crippen LogP contribution in [0.25, 0.3) is 0 Å². The van der Waals surface area contributed by atoms with E-state index < -0.39 is 14.8 Å². The molecule has 0 radical (unpaired) electrons. The number of benzene rings is 2. The molecule has 126 valence electrons. The van der Waals surface area contributed by atoms with Gasteiger partial charge in [0.1, 0.15) is 0 Å². The Kier molecular flexibility index (Phi) is 4.35. The zero-order chi connectivity index (χ0) is 17.5. The Morgan fingerprint density at radius 2 is 1.96 bits per heavy atom. The lowest BCUT2D eigenvalue weighted by Gasteiger charge is -2.11. The standard InChI is InChI=1S/C16H15BrN2O4S/c1-24(22,23)16-8-10(19(20)21)6-7-14(16)18-15-9-12(15)11-4-2-3-5-13(11)17/h2-8,12,15,18H,9H2,1H3. The molecule has 2 aromatic rings. The second-order valence-corrected chi connectivity index (χ2v) is 8.66. The van der Waals surface area contributed by atoms with Gasteiger partial charge in [0.15, 0.2) is 9.84 Å². The first-order valence-corrected chi connectivity index (χ1v) is 9.95. The number of nitrogens with zero attached hydrogens (tertiary/aromatic N) is 1. The number of nitro groups is 1. The van der Waals surface area contributed by atoms with E-state index in [9.17, 15) is 18.5 Å². The predicted octanol–water partition coefficient (Wildman–Crippen LogP) is 3.73. The highest BCUT2D eigenvalue weighted by atomic mass is 79.9. The summed E-state index contributed by atoms with van der Waals surface area (Å²) in [4.78, 5) is 10.2. The monoisotopic (exact) mass is 410 g/mol. The van der Waals surface area contributed by atoms with E-state index in [1.54, 1.807) is 0 Å². The zero-order valence-corrected chi connectivity index (χ0v) is 15.2. The van der Waals surface area contributed by atoms with Gasteiger partial charge in [-0.05, 0) is 24.1 Å². The lowest BCUT2D eigenvalue weighted by Crippen LogP contribution is -2.10. The van der Waals surface area contributed by atoms with E-state index in [4.69, 9.17) is 0 Å². The minimum absolute atomic E-state index is 0.0468. The van der Waals surface area contributed by atoms with Gasteiger partial charge in [0.05, 0.1) is 15.5 Å². The molecule has 24 heavy (non-hydrogen) atoms. The summed E-state index contributed by atoms with van der Waals surface area (Å²) in [7, 11) is -3.57. The van der Waals surface area contributed by atoms with Gasteiger partial charge in [0, 0.05) is 34.8 Å². The molecule has 2 atom stereocenters. The molecule has 0 bridgehead atoms. The quantitative estimate of drug-likeness (QED) is 0.598. The number of nitrogens with one attached hydrogen (secondary N) is 1. The van der Waals surface area contributed by atoms with Crippen molar-refractivity contribution < 1.29 is 13.3 Å². The van der Waals surface area contributed by atoms with E-state index in [1.807, 2.05) is 24.3 Å².